The lowest BCUT2D eigenvalue weighted by molar-refractivity contribution is 0.217. The summed E-state index contributed by atoms with van der Waals surface area (Å²) in [5.41, 5.74) is 13.6. The maximum absolute atomic E-state index is 13.6. The quantitative estimate of drug-likeness (QED) is 0.806. The van der Waals surface area contributed by atoms with Gasteiger partial charge in [-0.25, -0.2) is 4.39 Å². The molecule has 1 aromatic rings. The second-order valence-corrected chi connectivity index (χ2v) is 5.13. The van der Waals surface area contributed by atoms with Crippen LogP contribution >= 0.6 is 0 Å². The van der Waals surface area contributed by atoms with Gasteiger partial charge in [-0.05, 0) is 62.0 Å². The SMILES string of the molecule is Cc1cc(N)c(F)cc1C1CCN(CCN)CC1. The maximum atomic E-state index is 13.6. The lowest BCUT2D eigenvalue weighted by atomic mass is 9.86. The van der Waals surface area contributed by atoms with Gasteiger partial charge in [0.1, 0.15) is 5.82 Å². The van der Waals surface area contributed by atoms with Gasteiger partial charge in [-0.3, -0.25) is 0 Å². The van der Waals surface area contributed by atoms with Gasteiger partial charge in [-0.15, -0.1) is 0 Å². The van der Waals surface area contributed by atoms with Crippen LogP contribution in [0.4, 0.5) is 10.1 Å². The number of aryl methyl sites for hydroxylation is 1. The van der Waals surface area contributed by atoms with E-state index in [-0.39, 0.29) is 11.5 Å². The Labute approximate surface area is 108 Å². The van der Waals surface area contributed by atoms with Crippen molar-refractivity contribution in [3.63, 3.8) is 0 Å². The minimum Gasteiger partial charge on any atom is -0.396 e. The number of anilines is 1. The first-order valence-corrected chi connectivity index (χ1v) is 6.59. The van der Waals surface area contributed by atoms with Gasteiger partial charge in [0.05, 0.1) is 5.69 Å². The molecule has 1 aromatic carbocycles. The van der Waals surface area contributed by atoms with Crippen molar-refractivity contribution in [2.24, 2.45) is 5.73 Å². The normalized spacial score (nSPS) is 18.2. The lowest BCUT2D eigenvalue weighted by Gasteiger charge is -2.32. The number of benzene rings is 1. The summed E-state index contributed by atoms with van der Waals surface area (Å²) in [6.07, 6.45) is 2.15. The monoisotopic (exact) mass is 251 g/mol. The van der Waals surface area contributed by atoms with Crippen LogP contribution in [-0.4, -0.2) is 31.1 Å². The molecule has 4 heteroatoms. The van der Waals surface area contributed by atoms with E-state index in [1.807, 2.05) is 6.92 Å². The van der Waals surface area contributed by atoms with Crippen LogP contribution < -0.4 is 11.5 Å². The average Bonchev–Trinajstić information content (AvgIpc) is 2.35. The molecular weight excluding hydrogens is 229 g/mol. The Hall–Kier alpha value is -1.13. The van der Waals surface area contributed by atoms with Gasteiger partial charge in [0, 0.05) is 13.1 Å². The van der Waals surface area contributed by atoms with Crippen molar-refractivity contribution in [2.45, 2.75) is 25.7 Å². The Morgan fingerprint density at radius 2 is 2.00 bits per heavy atom. The molecule has 0 unspecified atom stereocenters. The zero-order chi connectivity index (χ0) is 13.1. The zero-order valence-corrected chi connectivity index (χ0v) is 11.0. The fourth-order valence-electron chi connectivity index (χ4n) is 2.81. The molecule has 18 heavy (non-hydrogen) atoms. The van der Waals surface area contributed by atoms with Gasteiger partial charge in [-0.1, -0.05) is 0 Å². The molecule has 0 aromatic heterocycles. The van der Waals surface area contributed by atoms with Gasteiger partial charge in [0.15, 0.2) is 0 Å². The molecule has 0 spiro atoms. The van der Waals surface area contributed by atoms with Crippen molar-refractivity contribution in [2.75, 3.05) is 31.9 Å². The number of hydrogen-bond acceptors (Lipinski definition) is 3. The molecule has 0 bridgehead atoms. The molecule has 1 saturated heterocycles. The Bertz CT molecular complexity index is 412. The third-order valence-corrected chi connectivity index (χ3v) is 3.86. The summed E-state index contributed by atoms with van der Waals surface area (Å²) in [6.45, 7) is 5.78. The molecule has 1 fully saturated rings. The molecule has 3 nitrogen and oxygen atoms in total. The topological polar surface area (TPSA) is 55.3 Å². The van der Waals surface area contributed by atoms with Crippen LogP contribution in [0.5, 0.6) is 0 Å². The molecule has 4 N–H and O–H groups in total. The summed E-state index contributed by atoms with van der Waals surface area (Å²) >= 11 is 0. The molecular formula is C14H22FN3. The molecule has 1 heterocycles. The molecule has 0 atom stereocenters. The maximum Gasteiger partial charge on any atom is 0.146 e. The number of rotatable bonds is 3. The Morgan fingerprint density at radius 3 is 2.61 bits per heavy atom. The molecule has 0 aliphatic carbocycles. The third-order valence-electron chi connectivity index (χ3n) is 3.86. The number of nitrogens with zero attached hydrogens (tertiary/aromatic N) is 1. The highest BCUT2D eigenvalue weighted by Gasteiger charge is 2.22. The van der Waals surface area contributed by atoms with E-state index < -0.39 is 0 Å². The summed E-state index contributed by atoms with van der Waals surface area (Å²) in [4.78, 5) is 2.37. The van der Waals surface area contributed by atoms with Gasteiger partial charge >= 0.3 is 0 Å². The van der Waals surface area contributed by atoms with Crippen LogP contribution in [0.25, 0.3) is 0 Å². The number of piperidine rings is 1. The number of likely N-dealkylation sites (tertiary alicyclic amines) is 1. The van der Waals surface area contributed by atoms with E-state index in [1.54, 1.807) is 12.1 Å². The van der Waals surface area contributed by atoms with Crippen LogP contribution in [0.2, 0.25) is 0 Å². The van der Waals surface area contributed by atoms with Gasteiger partial charge < -0.3 is 16.4 Å². The fourth-order valence-corrected chi connectivity index (χ4v) is 2.81. The first-order chi connectivity index (χ1) is 8.61. The fraction of sp³-hybridized carbons (Fsp3) is 0.571. The first kappa shape index (κ1) is 13.3. The van der Waals surface area contributed by atoms with E-state index >= 15 is 0 Å². The number of halogens is 1. The highest BCUT2D eigenvalue weighted by Crippen LogP contribution is 2.32. The van der Waals surface area contributed by atoms with Gasteiger partial charge in [0.2, 0.25) is 0 Å². The van der Waals surface area contributed by atoms with E-state index in [2.05, 4.69) is 4.90 Å². The Kier molecular flexibility index (Phi) is 4.19. The average molecular weight is 251 g/mol. The molecule has 1 aliphatic heterocycles. The summed E-state index contributed by atoms with van der Waals surface area (Å²) in [5, 5.41) is 0. The summed E-state index contributed by atoms with van der Waals surface area (Å²) < 4.78 is 13.6. The van der Waals surface area contributed by atoms with Crippen molar-refractivity contribution in [3.05, 3.63) is 29.1 Å². The molecule has 100 valence electrons. The third kappa shape index (κ3) is 2.82. The first-order valence-electron chi connectivity index (χ1n) is 6.59. The standard InChI is InChI=1S/C14H22FN3/c1-10-8-14(17)13(15)9-12(10)11-2-5-18(6-3-11)7-4-16/h8-9,11H,2-7,16-17H2,1H3. The predicted molar refractivity (Wildman–Crippen MR) is 73.0 cm³/mol. The summed E-state index contributed by atoms with van der Waals surface area (Å²) in [7, 11) is 0. The molecule has 0 amide bonds. The van der Waals surface area contributed by atoms with Crippen molar-refractivity contribution >= 4 is 5.69 Å². The zero-order valence-electron chi connectivity index (χ0n) is 11.0. The van der Waals surface area contributed by atoms with Gasteiger partial charge in [-0.2, -0.15) is 0 Å². The Balaban J connectivity index is 2.07. The van der Waals surface area contributed by atoms with Crippen molar-refractivity contribution in [3.8, 4) is 0 Å². The van der Waals surface area contributed by atoms with E-state index in [0.717, 1.165) is 43.6 Å². The van der Waals surface area contributed by atoms with E-state index in [4.69, 9.17) is 11.5 Å². The minimum atomic E-state index is -0.292. The summed E-state index contributed by atoms with van der Waals surface area (Å²) in [6, 6.07) is 3.37. The van der Waals surface area contributed by atoms with E-state index in [1.165, 1.54) is 0 Å². The lowest BCUT2D eigenvalue weighted by Crippen LogP contribution is -2.36. The number of hydrogen-bond donors (Lipinski definition) is 2. The summed E-state index contributed by atoms with van der Waals surface area (Å²) in [5.74, 6) is 0.161. The van der Waals surface area contributed by atoms with Crippen LogP contribution in [0, 0.1) is 12.7 Å². The number of nitrogens with two attached hydrogens (primary N) is 2. The largest absolute Gasteiger partial charge is 0.396 e. The highest BCUT2D eigenvalue weighted by molar-refractivity contribution is 5.47. The minimum absolute atomic E-state index is 0.247. The molecule has 1 aliphatic rings. The predicted octanol–water partition coefficient (Wildman–Crippen LogP) is 1.85. The van der Waals surface area contributed by atoms with Gasteiger partial charge in [0.25, 0.3) is 0 Å². The second-order valence-electron chi connectivity index (χ2n) is 5.13. The highest BCUT2D eigenvalue weighted by atomic mass is 19.1. The molecule has 2 rings (SSSR count). The van der Waals surface area contributed by atoms with Crippen LogP contribution in [-0.2, 0) is 0 Å². The molecule has 0 radical (unpaired) electrons. The van der Waals surface area contributed by atoms with Crippen molar-refractivity contribution in [1.82, 2.24) is 4.90 Å². The van der Waals surface area contributed by atoms with Crippen molar-refractivity contribution < 1.29 is 4.39 Å². The van der Waals surface area contributed by atoms with E-state index in [9.17, 15) is 4.39 Å². The van der Waals surface area contributed by atoms with Crippen LogP contribution in [0.3, 0.4) is 0 Å². The smallest absolute Gasteiger partial charge is 0.146 e. The van der Waals surface area contributed by atoms with Crippen LogP contribution in [0.15, 0.2) is 12.1 Å². The number of nitrogen functional groups attached to an aromatic ring is 1. The van der Waals surface area contributed by atoms with E-state index in [0.29, 0.717) is 12.5 Å². The molecule has 0 saturated carbocycles. The Morgan fingerprint density at radius 1 is 1.33 bits per heavy atom. The second kappa shape index (κ2) is 5.67. The van der Waals surface area contributed by atoms with Crippen molar-refractivity contribution in [1.29, 1.82) is 0 Å². The van der Waals surface area contributed by atoms with Crippen LogP contribution in [0.1, 0.15) is 29.9 Å².